The first-order valence-electron chi connectivity index (χ1n) is 9.63. The van der Waals surface area contributed by atoms with E-state index in [4.69, 9.17) is 0 Å². The van der Waals surface area contributed by atoms with Gasteiger partial charge in [0.2, 0.25) is 0 Å². The summed E-state index contributed by atoms with van der Waals surface area (Å²) in [6.07, 6.45) is -0.990. The molecule has 31 heavy (non-hydrogen) atoms. The molecule has 0 amide bonds. The van der Waals surface area contributed by atoms with E-state index in [-0.39, 0.29) is 11.3 Å². The Morgan fingerprint density at radius 1 is 1.19 bits per heavy atom. The molecule has 0 atom stereocenters. The molecule has 1 heterocycles. The molecule has 0 aliphatic heterocycles. The number of aromatic carboxylic acids is 1. The first-order chi connectivity index (χ1) is 14.4. The fourth-order valence-corrected chi connectivity index (χ4v) is 3.17. The van der Waals surface area contributed by atoms with Crippen LogP contribution >= 0.6 is 0 Å². The van der Waals surface area contributed by atoms with Crippen molar-refractivity contribution in [3.63, 3.8) is 0 Å². The van der Waals surface area contributed by atoms with E-state index < -0.39 is 17.8 Å². The van der Waals surface area contributed by atoms with Crippen LogP contribution in [0.4, 0.5) is 13.2 Å². The molecular weight excluding hydrogens is 411 g/mol. The number of halogens is 3. The molecule has 0 unspecified atom stereocenters. The molecule has 0 aliphatic carbocycles. The van der Waals surface area contributed by atoms with E-state index in [1.165, 1.54) is 30.5 Å². The summed E-state index contributed by atoms with van der Waals surface area (Å²) in [5.74, 6) is -1.63. The Labute approximate surface area is 178 Å². The highest BCUT2D eigenvalue weighted by atomic mass is 19.4. The maximum Gasteiger partial charge on any atom is 0.573 e. The number of hydrogen-bond donors (Lipinski definition) is 1. The standard InChI is InChI=1S/C23H24F3NO4/c1-5-9-27-13-19(22(29)30)21(28)12-20(27)15(4)10-18(14(2)3)16-7-6-8-17(11-16)31-23(24,25)26/h6-8,10-13H,5,9H2,1-4H3,(H,29,30)/b15-10+. The molecule has 5 nitrogen and oxygen atoms in total. The Kier molecular flexibility index (Phi) is 7.49. The van der Waals surface area contributed by atoms with E-state index in [1.54, 1.807) is 23.6 Å². The third-order valence-corrected chi connectivity index (χ3v) is 4.50. The average Bonchev–Trinajstić information content (AvgIpc) is 2.65. The number of aromatic nitrogens is 1. The highest BCUT2D eigenvalue weighted by Gasteiger charge is 2.31. The Hall–Kier alpha value is -3.29. The summed E-state index contributed by atoms with van der Waals surface area (Å²) < 4.78 is 43.5. The van der Waals surface area contributed by atoms with E-state index in [1.807, 2.05) is 20.8 Å². The number of carboxylic acid groups (broad SMARTS) is 1. The van der Waals surface area contributed by atoms with E-state index in [0.717, 1.165) is 5.57 Å². The van der Waals surface area contributed by atoms with Crippen molar-refractivity contribution in [1.82, 2.24) is 4.57 Å². The number of carbonyl (C=O) groups is 1. The van der Waals surface area contributed by atoms with Crippen molar-refractivity contribution >= 4 is 17.1 Å². The fourth-order valence-electron chi connectivity index (χ4n) is 3.17. The highest BCUT2D eigenvalue weighted by Crippen LogP contribution is 2.30. The van der Waals surface area contributed by atoms with Gasteiger partial charge in [0.15, 0.2) is 5.43 Å². The zero-order chi connectivity index (χ0) is 23.3. The van der Waals surface area contributed by atoms with Crippen LogP contribution < -0.4 is 10.2 Å². The Morgan fingerprint density at radius 3 is 2.42 bits per heavy atom. The second-order valence-electron chi connectivity index (χ2n) is 7.25. The van der Waals surface area contributed by atoms with Crippen molar-refractivity contribution in [2.24, 2.45) is 0 Å². The van der Waals surface area contributed by atoms with Crippen molar-refractivity contribution in [3.05, 3.63) is 75.2 Å². The van der Waals surface area contributed by atoms with Gasteiger partial charge in [0.1, 0.15) is 11.3 Å². The third kappa shape index (κ3) is 6.34. The summed E-state index contributed by atoms with van der Waals surface area (Å²) in [5, 5.41) is 9.23. The molecule has 0 bridgehead atoms. The lowest BCUT2D eigenvalue weighted by atomic mass is 9.97. The van der Waals surface area contributed by atoms with Gasteiger partial charge in [-0.15, -0.1) is 13.2 Å². The van der Waals surface area contributed by atoms with Crippen molar-refractivity contribution < 1.29 is 27.8 Å². The van der Waals surface area contributed by atoms with Gasteiger partial charge in [0.25, 0.3) is 0 Å². The second kappa shape index (κ2) is 9.68. The molecule has 0 spiro atoms. The summed E-state index contributed by atoms with van der Waals surface area (Å²) in [7, 11) is 0. The Balaban J connectivity index is 2.57. The van der Waals surface area contributed by atoms with Gasteiger partial charge in [-0.05, 0) is 62.1 Å². The molecule has 1 N–H and O–H groups in total. The van der Waals surface area contributed by atoms with Crippen LogP contribution in [0.2, 0.25) is 0 Å². The van der Waals surface area contributed by atoms with Crippen molar-refractivity contribution in [2.75, 3.05) is 0 Å². The summed E-state index contributed by atoms with van der Waals surface area (Å²) in [5.41, 5.74) is 2.32. The van der Waals surface area contributed by atoms with Crippen LogP contribution in [0.15, 0.2) is 53.0 Å². The summed E-state index contributed by atoms with van der Waals surface area (Å²) in [6.45, 7) is 7.83. The van der Waals surface area contributed by atoms with Crippen LogP contribution in [0, 0.1) is 0 Å². The number of pyridine rings is 1. The zero-order valence-electron chi connectivity index (χ0n) is 17.7. The van der Waals surface area contributed by atoms with Crippen molar-refractivity contribution in [3.8, 4) is 5.75 Å². The van der Waals surface area contributed by atoms with Crippen LogP contribution in [0.3, 0.4) is 0 Å². The second-order valence-corrected chi connectivity index (χ2v) is 7.25. The van der Waals surface area contributed by atoms with Gasteiger partial charge in [0.05, 0.1) is 0 Å². The lowest BCUT2D eigenvalue weighted by Crippen LogP contribution is -2.19. The Morgan fingerprint density at radius 2 is 1.87 bits per heavy atom. The van der Waals surface area contributed by atoms with E-state index in [9.17, 15) is 27.9 Å². The van der Waals surface area contributed by atoms with E-state index >= 15 is 0 Å². The van der Waals surface area contributed by atoms with Crippen molar-refractivity contribution in [1.29, 1.82) is 0 Å². The van der Waals surface area contributed by atoms with E-state index in [0.29, 0.717) is 35.4 Å². The van der Waals surface area contributed by atoms with Gasteiger partial charge in [0, 0.05) is 24.5 Å². The van der Waals surface area contributed by atoms with E-state index in [2.05, 4.69) is 4.74 Å². The van der Waals surface area contributed by atoms with Gasteiger partial charge >= 0.3 is 12.3 Å². The molecule has 2 aromatic rings. The molecule has 0 saturated heterocycles. The number of allylic oxidation sites excluding steroid dienone is 4. The summed E-state index contributed by atoms with van der Waals surface area (Å²) in [6, 6.07) is 6.93. The van der Waals surface area contributed by atoms with Crippen molar-refractivity contribution in [2.45, 2.75) is 47.0 Å². The number of benzene rings is 1. The first kappa shape index (κ1) is 24.0. The first-order valence-corrected chi connectivity index (χ1v) is 9.63. The molecule has 0 fully saturated rings. The minimum absolute atomic E-state index is 0.315. The lowest BCUT2D eigenvalue weighted by Gasteiger charge is -2.16. The third-order valence-electron chi connectivity index (χ3n) is 4.50. The SMILES string of the molecule is CCCn1cc(C(=O)O)c(=O)cc1/C(C)=C/C(=C(C)C)c1cccc(OC(F)(F)F)c1. The van der Waals surface area contributed by atoms with Crippen LogP contribution in [-0.2, 0) is 6.54 Å². The normalized spacial score (nSPS) is 11.9. The molecule has 0 aliphatic rings. The molecule has 0 saturated carbocycles. The number of alkyl halides is 3. The zero-order valence-corrected chi connectivity index (χ0v) is 17.7. The predicted octanol–water partition coefficient (Wildman–Crippen LogP) is 5.75. The quantitative estimate of drug-likeness (QED) is 0.562. The fraction of sp³-hybridized carbons (Fsp3) is 0.304. The largest absolute Gasteiger partial charge is 0.573 e. The van der Waals surface area contributed by atoms with Crippen LogP contribution in [0.5, 0.6) is 5.75 Å². The molecule has 2 rings (SSSR count). The van der Waals surface area contributed by atoms with Gasteiger partial charge in [-0.1, -0.05) is 24.6 Å². The maximum atomic E-state index is 12.6. The predicted molar refractivity (Wildman–Crippen MR) is 113 cm³/mol. The van der Waals surface area contributed by atoms with Gasteiger partial charge in [-0.2, -0.15) is 0 Å². The molecule has 1 aromatic heterocycles. The molecule has 166 valence electrons. The number of hydrogen-bond acceptors (Lipinski definition) is 3. The van der Waals surface area contributed by atoms with Crippen LogP contribution in [0.25, 0.3) is 11.1 Å². The monoisotopic (exact) mass is 435 g/mol. The van der Waals surface area contributed by atoms with Crippen LogP contribution in [0.1, 0.15) is 55.7 Å². The number of rotatable bonds is 7. The van der Waals surface area contributed by atoms with Crippen LogP contribution in [-0.4, -0.2) is 22.0 Å². The number of nitrogens with zero attached hydrogens (tertiary/aromatic N) is 1. The van der Waals surface area contributed by atoms with Gasteiger partial charge < -0.3 is 14.4 Å². The minimum atomic E-state index is -4.79. The van der Waals surface area contributed by atoms with Gasteiger partial charge in [-0.3, -0.25) is 4.79 Å². The lowest BCUT2D eigenvalue weighted by molar-refractivity contribution is -0.274. The number of carboxylic acids is 1. The van der Waals surface area contributed by atoms with Gasteiger partial charge in [-0.25, -0.2) is 4.79 Å². The summed E-state index contributed by atoms with van der Waals surface area (Å²) in [4.78, 5) is 23.6. The highest BCUT2D eigenvalue weighted by molar-refractivity contribution is 5.88. The smallest absolute Gasteiger partial charge is 0.477 e. The molecule has 1 aromatic carbocycles. The summed E-state index contributed by atoms with van der Waals surface area (Å²) >= 11 is 0. The number of ether oxygens (including phenoxy) is 1. The number of aryl methyl sites for hydroxylation is 1. The molecule has 0 radical (unpaired) electrons. The molecular formula is C23H24F3NO4. The molecule has 8 heteroatoms. The Bertz CT molecular complexity index is 1090. The minimum Gasteiger partial charge on any atom is -0.477 e. The average molecular weight is 435 g/mol. The topological polar surface area (TPSA) is 68.5 Å². The maximum absolute atomic E-state index is 12.6.